The normalized spacial score (nSPS) is 8.45. The molecule has 5 heteroatoms. The Morgan fingerprint density at radius 1 is 0.864 bits per heavy atom. The minimum absolute atomic E-state index is 0.220. The summed E-state index contributed by atoms with van der Waals surface area (Å²) in [5, 5.41) is 21.2. The second-order valence-electron chi connectivity index (χ2n) is 3.83. The molecule has 0 spiro atoms. The van der Waals surface area contributed by atoms with Crippen molar-refractivity contribution in [2.45, 2.75) is 5.28 Å². The van der Waals surface area contributed by atoms with Crippen LogP contribution in [-0.4, -0.2) is 28.2 Å². The van der Waals surface area contributed by atoms with Gasteiger partial charge in [0.25, 0.3) is 0 Å². The molecule has 110 valence electrons. The maximum atomic E-state index is 10.1. The fraction of sp³-hybridized carbons (Fsp3) is 0.0588. The molecule has 2 aromatic rings. The van der Waals surface area contributed by atoms with Crippen molar-refractivity contribution in [3.8, 4) is 0 Å². The van der Waals surface area contributed by atoms with Gasteiger partial charge in [-0.05, 0) is 11.1 Å². The quantitative estimate of drug-likeness (QED) is 0.622. The van der Waals surface area contributed by atoms with E-state index in [0.29, 0.717) is 0 Å². The molecular weight excluding hydrogens is 295 g/mol. The van der Waals surface area contributed by atoms with Crippen LogP contribution in [0.5, 0.6) is 0 Å². The Kier molecular flexibility index (Phi) is 11.1. The summed E-state index contributed by atoms with van der Waals surface area (Å²) in [6, 6.07) is 16.1. The van der Waals surface area contributed by atoms with Gasteiger partial charge in [-0.15, -0.1) is 0 Å². The van der Waals surface area contributed by atoms with Crippen molar-refractivity contribution in [3.63, 3.8) is 0 Å². The summed E-state index contributed by atoms with van der Waals surface area (Å²) >= 11 is 2.54. The third-order valence-electron chi connectivity index (χ3n) is 2.19. The number of allylic oxidation sites excluding steroid dienone is 1. The molecule has 0 saturated heterocycles. The number of aromatic carboxylic acids is 2. The molecule has 0 fully saturated rings. The van der Waals surface area contributed by atoms with Gasteiger partial charge in [-0.25, -0.2) is 0 Å². The van der Waals surface area contributed by atoms with E-state index in [1.807, 2.05) is 6.08 Å². The van der Waals surface area contributed by atoms with Gasteiger partial charge in [0.15, 0.2) is 0 Å². The largest absolute Gasteiger partial charge is 0.545 e. The van der Waals surface area contributed by atoms with Crippen LogP contribution in [0.2, 0.25) is 5.28 Å². The minimum Gasteiger partial charge on any atom is -0.545 e. The fourth-order valence-electron chi connectivity index (χ4n) is 1.15. The number of carboxylic acid groups (broad SMARTS) is 2. The Bertz CT molecular complexity index is 518. The van der Waals surface area contributed by atoms with Crippen LogP contribution in [0.3, 0.4) is 0 Å². The molecule has 0 aliphatic carbocycles. The number of hydrogen-bond acceptors (Lipinski definition) is 4. The van der Waals surface area contributed by atoms with Crippen molar-refractivity contribution in [1.82, 2.24) is 0 Å². The molecule has 2 rings (SSSR count). The van der Waals surface area contributed by atoms with E-state index in [0.717, 1.165) is 5.28 Å². The van der Waals surface area contributed by atoms with Crippen LogP contribution in [-0.2, 0) is 0 Å². The zero-order chi connectivity index (χ0) is 16.8. The van der Waals surface area contributed by atoms with E-state index in [9.17, 15) is 19.8 Å². The van der Waals surface area contributed by atoms with Crippen LogP contribution in [0.1, 0.15) is 20.7 Å². The summed E-state index contributed by atoms with van der Waals surface area (Å²) in [6.45, 7) is 3.46. The molecular formula is C17H15AlO4. The topological polar surface area (TPSA) is 80.3 Å². The van der Waals surface area contributed by atoms with Crippen molar-refractivity contribution in [2.24, 2.45) is 0 Å². The molecule has 0 heterocycles. The van der Waals surface area contributed by atoms with Crippen molar-refractivity contribution >= 4 is 28.2 Å². The Labute approximate surface area is 138 Å². The van der Waals surface area contributed by atoms with Crippen LogP contribution in [0.4, 0.5) is 0 Å². The molecule has 0 radical (unpaired) electrons. The SMILES string of the molecule is C=C[CH2][Al+2].O=C([O-])c1ccccc1.O=C([O-])c1ccccc1. The van der Waals surface area contributed by atoms with Crippen LogP contribution < -0.4 is 10.2 Å². The van der Waals surface area contributed by atoms with Crippen molar-refractivity contribution in [2.75, 3.05) is 0 Å². The first-order chi connectivity index (χ1) is 10.5. The first-order valence-electron chi connectivity index (χ1n) is 6.36. The second kappa shape index (κ2) is 12.4. The van der Waals surface area contributed by atoms with Gasteiger partial charge in [-0.1, -0.05) is 60.7 Å². The van der Waals surface area contributed by atoms with Gasteiger partial charge in [-0.3, -0.25) is 0 Å². The van der Waals surface area contributed by atoms with Crippen LogP contribution in [0, 0.1) is 0 Å². The Hall–Kier alpha value is -2.35. The van der Waals surface area contributed by atoms with Gasteiger partial charge in [0.1, 0.15) is 0 Å². The molecule has 0 N–H and O–H groups in total. The number of rotatable bonds is 3. The number of carbonyl (C=O) groups is 2. The predicted octanol–water partition coefficient (Wildman–Crippen LogP) is 0.859. The summed E-state index contributed by atoms with van der Waals surface area (Å²) < 4.78 is 0. The molecule has 0 atom stereocenters. The number of carbonyl (C=O) groups excluding carboxylic acids is 2. The summed E-state index contributed by atoms with van der Waals surface area (Å²) in [5.74, 6) is -2.26. The summed E-state index contributed by atoms with van der Waals surface area (Å²) in [5.41, 5.74) is 0.440. The molecule has 0 aromatic heterocycles. The maximum Gasteiger partial charge on any atom is 0.0715 e. The zero-order valence-corrected chi connectivity index (χ0v) is 13.1. The number of benzene rings is 2. The smallest absolute Gasteiger partial charge is 0.0715 e. The third-order valence-corrected chi connectivity index (χ3v) is 2.52. The molecule has 4 nitrogen and oxygen atoms in total. The average Bonchev–Trinajstić information content (AvgIpc) is 2.57. The van der Waals surface area contributed by atoms with E-state index in [1.165, 1.54) is 24.3 Å². The van der Waals surface area contributed by atoms with Gasteiger partial charge in [-0.2, -0.15) is 0 Å². The maximum absolute atomic E-state index is 10.1. The monoisotopic (exact) mass is 310 g/mol. The molecule has 22 heavy (non-hydrogen) atoms. The van der Waals surface area contributed by atoms with Gasteiger partial charge in [0.2, 0.25) is 0 Å². The first-order valence-corrected chi connectivity index (χ1v) is 7.18. The van der Waals surface area contributed by atoms with E-state index >= 15 is 0 Å². The van der Waals surface area contributed by atoms with E-state index in [1.54, 1.807) is 36.4 Å². The van der Waals surface area contributed by atoms with E-state index < -0.39 is 11.9 Å². The first kappa shape index (κ1) is 19.7. The van der Waals surface area contributed by atoms with Crippen molar-refractivity contribution in [3.05, 3.63) is 84.4 Å². The molecule has 0 aliphatic rings. The predicted molar refractivity (Wildman–Crippen MR) is 82.3 cm³/mol. The van der Waals surface area contributed by atoms with Crippen molar-refractivity contribution in [1.29, 1.82) is 0 Å². The van der Waals surface area contributed by atoms with E-state index in [-0.39, 0.29) is 11.1 Å². The van der Waals surface area contributed by atoms with Crippen molar-refractivity contribution < 1.29 is 19.8 Å². The second-order valence-corrected chi connectivity index (χ2v) is 4.30. The minimum atomic E-state index is -1.13. The molecule has 0 bridgehead atoms. The van der Waals surface area contributed by atoms with E-state index in [2.05, 4.69) is 22.9 Å². The third kappa shape index (κ3) is 9.54. The number of carboxylic acids is 2. The molecule has 0 amide bonds. The summed E-state index contributed by atoms with van der Waals surface area (Å²) in [6.07, 6.45) is 1.84. The molecule has 0 aliphatic heterocycles. The number of hydrogen-bond donors (Lipinski definition) is 0. The Morgan fingerprint density at radius 3 is 1.27 bits per heavy atom. The summed E-state index contributed by atoms with van der Waals surface area (Å²) in [7, 11) is 0. The molecule has 2 aromatic carbocycles. The average molecular weight is 310 g/mol. The van der Waals surface area contributed by atoms with Gasteiger partial charge in [0.05, 0.1) is 11.9 Å². The van der Waals surface area contributed by atoms with Crippen LogP contribution >= 0.6 is 0 Å². The van der Waals surface area contributed by atoms with Gasteiger partial charge in [0, 0.05) is 0 Å². The van der Waals surface area contributed by atoms with Crippen LogP contribution in [0.25, 0.3) is 0 Å². The van der Waals surface area contributed by atoms with Crippen LogP contribution in [0.15, 0.2) is 73.3 Å². The molecule has 0 saturated carbocycles. The van der Waals surface area contributed by atoms with Gasteiger partial charge >= 0.3 is 34.2 Å². The zero-order valence-electron chi connectivity index (χ0n) is 12.0. The fourth-order valence-corrected chi connectivity index (χ4v) is 1.15. The van der Waals surface area contributed by atoms with E-state index in [4.69, 9.17) is 0 Å². The standard InChI is InChI=1S/2C7H6O2.C3H5.Al/c2*8-7(9)6-4-2-1-3-5-6;1-3-2;/h2*1-5H,(H,8,9);3H,1-2H2;/q;;;+2/p-2. The van der Waals surface area contributed by atoms with Gasteiger partial charge < -0.3 is 19.8 Å². The summed E-state index contributed by atoms with van der Waals surface area (Å²) in [4.78, 5) is 20.2. The molecule has 0 unspecified atom stereocenters. The Morgan fingerprint density at radius 2 is 1.14 bits per heavy atom. The Balaban J connectivity index is 0.000000326.